The summed E-state index contributed by atoms with van der Waals surface area (Å²) in [5.74, 6) is 5.00. The fourth-order valence-electron chi connectivity index (χ4n) is 4.95. The third-order valence-electron chi connectivity index (χ3n) is 5.40. The normalized spacial score (nSPS) is 46.6. The van der Waals surface area contributed by atoms with Gasteiger partial charge < -0.3 is 5.73 Å². The highest BCUT2D eigenvalue weighted by Crippen LogP contribution is 2.57. The lowest BCUT2D eigenvalue weighted by molar-refractivity contribution is -0.0404. The lowest BCUT2D eigenvalue weighted by Crippen LogP contribution is -2.45. The number of rotatable bonds is 3. The molecule has 0 aromatic rings. The van der Waals surface area contributed by atoms with Crippen LogP contribution in [0, 0.1) is 40.9 Å². The molecule has 0 aromatic carbocycles. The summed E-state index contributed by atoms with van der Waals surface area (Å²) in [6.45, 7) is 0. The molecule has 4 bridgehead atoms. The van der Waals surface area contributed by atoms with Crippen molar-refractivity contribution in [3.8, 4) is 6.07 Å². The zero-order valence-corrected chi connectivity index (χ0v) is 9.94. The second-order valence-corrected chi connectivity index (χ2v) is 6.41. The van der Waals surface area contributed by atoms with E-state index in [0.29, 0.717) is 0 Å². The number of nitrogens with two attached hydrogens (primary N) is 1. The van der Waals surface area contributed by atoms with Crippen molar-refractivity contribution in [2.75, 3.05) is 0 Å². The van der Waals surface area contributed by atoms with E-state index in [-0.39, 0.29) is 6.04 Å². The summed E-state index contributed by atoms with van der Waals surface area (Å²) in [5, 5.41) is 8.74. The topological polar surface area (TPSA) is 49.8 Å². The molecule has 0 spiro atoms. The molecule has 0 radical (unpaired) electrons. The molecule has 0 heterocycles. The molecule has 2 nitrogen and oxygen atoms in total. The maximum atomic E-state index is 8.74. The molecule has 0 aliphatic heterocycles. The molecule has 0 amide bonds. The monoisotopic (exact) mass is 218 g/mol. The van der Waals surface area contributed by atoms with Crippen molar-refractivity contribution in [2.45, 2.75) is 51.0 Å². The van der Waals surface area contributed by atoms with Crippen LogP contribution in [0.1, 0.15) is 44.9 Å². The molecule has 1 atom stereocenters. The standard InChI is InChI=1S/C14H22N2/c15-8-13(16)1-2-14-11-4-9-3-10(6-11)7-12(14)5-9/h9-14H,1-7,16H2. The van der Waals surface area contributed by atoms with E-state index in [1.807, 2.05) is 0 Å². The Morgan fingerprint density at radius 1 is 1.06 bits per heavy atom. The summed E-state index contributed by atoms with van der Waals surface area (Å²) in [6.07, 6.45) is 9.60. The van der Waals surface area contributed by atoms with Crippen LogP contribution in [0.2, 0.25) is 0 Å². The Balaban J connectivity index is 1.62. The average molecular weight is 218 g/mol. The largest absolute Gasteiger partial charge is 0.316 e. The van der Waals surface area contributed by atoms with Crippen LogP contribution in [-0.4, -0.2) is 6.04 Å². The average Bonchev–Trinajstić information content (AvgIpc) is 2.26. The van der Waals surface area contributed by atoms with Crippen LogP contribution in [-0.2, 0) is 0 Å². The van der Waals surface area contributed by atoms with Crippen molar-refractivity contribution in [1.82, 2.24) is 0 Å². The van der Waals surface area contributed by atoms with Gasteiger partial charge in [-0.25, -0.2) is 0 Å². The van der Waals surface area contributed by atoms with Crippen molar-refractivity contribution in [1.29, 1.82) is 5.26 Å². The second-order valence-electron chi connectivity index (χ2n) is 6.41. The summed E-state index contributed by atoms with van der Waals surface area (Å²) in [7, 11) is 0. The van der Waals surface area contributed by atoms with Gasteiger partial charge in [0.1, 0.15) is 0 Å². The Kier molecular flexibility index (Phi) is 2.67. The Hall–Kier alpha value is -0.550. The molecule has 2 N–H and O–H groups in total. The summed E-state index contributed by atoms with van der Waals surface area (Å²) in [4.78, 5) is 0. The molecule has 4 saturated carbocycles. The number of nitrogens with zero attached hydrogens (tertiary/aromatic N) is 1. The van der Waals surface area contributed by atoms with Gasteiger partial charge in [-0.05, 0) is 74.5 Å². The Morgan fingerprint density at radius 3 is 2.12 bits per heavy atom. The molecule has 4 rings (SSSR count). The number of hydrogen-bond acceptors (Lipinski definition) is 2. The van der Waals surface area contributed by atoms with Crippen molar-refractivity contribution in [3.05, 3.63) is 0 Å². The molecule has 0 aromatic heterocycles. The predicted molar refractivity (Wildman–Crippen MR) is 63.4 cm³/mol. The highest BCUT2D eigenvalue weighted by Gasteiger charge is 2.47. The van der Waals surface area contributed by atoms with E-state index >= 15 is 0 Å². The van der Waals surface area contributed by atoms with Crippen LogP contribution in [0.4, 0.5) is 0 Å². The summed E-state index contributed by atoms with van der Waals surface area (Å²) < 4.78 is 0. The molecule has 4 aliphatic rings. The van der Waals surface area contributed by atoms with Gasteiger partial charge in [0.25, 0.3) is 0 Å². The van der Waals surface area contributed by atoms with E-state index in [4.69, 9.17) is 11.0 Å². The van der Waals surface area contributed by atoms with E-state index in [1.165, 1.54) is 38.5 Å². The van der Waals surface area contributed by atoms with Crippen LogP contribution in [0.5, 0.6) is 0 Å². The maximum absolute atomic E-state index is 8.74. The first-order chi connectivity index (χ1) is 7.76. The van der Waals surface area contributed by atoms with E-state index in [1.54, 1.807) is 0 Å². The van der Waals surface area contributed by atoms with Gasteiger partial charge in [-0.3, -0.25) is 0 Å². The third kappa shape index (κ3) is 1.76. The highest BCUT2D eigenvalue weighted by molar-refractivity contribution is 4.99. The predicted octanol–water partition coefficient (Wildman–Crippen LogP) is 2.69. The van der Waals surface area contributed by atoms with E-state index in [2.05, 4.69) is 6.07 Å². The molecule has 4 aliphatic carbocycles. The van der Waals surface area contributed by atoms with Crippen molar-refractivity contribution < 1.29 is 0 Å². The summed E-state index contributed by atoms with van der Waals surface area (Å²) >= 11 is 0. The fraction of sp³-hybridized carbons (Fsp3) is 0.929. The van der Waals surface area contributed by atoms with Gasteiger partial charge in [0.15, 0.2) is 0 Å². The SMILES string of the molecule is N#CC(N)CCC1C2CC3CC(C2)CC1C3. The van der Waals surface area contributed by atoms with Crippen LogP contribution in [0.15, 0.2) is 0 Å². The lowest BCUT2D eigenvalue weighted by Gasteiger charge is -2.54. The minimum absolute atomic E-state index is 0.225. The molecule has 4 fully saturated rings. The van der Waals surface area contributed by atoms with Crippen LogP contribution < -0.4 is 5.73 Å². The van der Waals surface area contributed by atoms with E-state index < -0.39 is 0 Å². The molecule has 1 unspecified atom stereocenters. The summed E-state index contributed by atoms with van der Waals surface area (Å²) in [5.41, 5.74) is 5.72. The van der Waals surface area contributed by atoms with Gasteiger partial charge in [0.05, 0.1) is 12.1 Å². The van der Waals surface area contributed by atoms with Gasteiger partial charge in [-0.2, -0.15) is 5.26 Å². The minimum atomic E-state index is -0.225. The van der Waals surface area contributed by atoms with E-state index in [0.717, 1.165) is 36.0 Å². The first-order valence-electron chi connectivity index (χ1n) is 6.91. The van der Waals surface area contributed by atoms with Gasteiger partial charge in [0, 0.05) is 0 Å². The zero-order valence-electron chi connectivity index (χ0n) is 9.94. The number of hydrogen-bond donors (Lipinski definition) is 1. The third-order valence-corrected chi connectivity index (χ3v) is 5.40. The zero-order chi connectivity index (χ0) is 11.1. The summed E-state index contributed by atoms with van der Waals surface area (Å²) in [6, 6.07) is 1.94. The Morgan fingerprint density at radius 2 is 1.62 bits per heavy atom. The first-order valence-corrected chi connectivity index (χ1v) is 6.91. The van der Waals surface area contributed by atoms with Crippen molar-refractivity contribution >= 4 is 0 Å². The fourth-order valence-corrected chi connectivity index (χ4v) is 4.95. The van der Waals surface area contributed by atoms with Crippen molar-refractivity contribution in [3.63, 3.8) is 0 Å². The Labute approximate surface area is 98.2 Å². The quantitative estimate of drug-likeness (QED) is 0.791. The lowest BCUT2D eigenvalue weighted by atomic mass is 9.51. The van der Waals surface area contributed by atoms with Crippen molar-refractivity contribution in [2.24, 2.45) is 35.3 Å². The minimum Gasteiger partial charge on any atom is -0.316 e. The molecule has 2 heteroatoms. The second kappa shape index (κ2) is 4.04. The first kappa shape index (κ1) is 10.6. The van der Waals surface area contributed by atoms with E-state index in [9.17, 15) is 0 Å². The molecular weight excluding hydrogens is 196 g/mol. The van der Waals surface area contributed by atoms with Crippen LogP contribution in [0.25, 0.3) is 0 Å². The van der Waals surface area contributed by atoms with Gasteiger partial charge in [0.2, 0.25) is 0 Å². The number of nitriles is 1. The van der Waals surface area contributed by atoms with Gasteiger partial charge in [-0.1, -0.05) is 0 Å². The maximum Gasteiger partial charge on any atom is 0.0928 e. The molecule has 0 saturated heterocycles. The van der Waals surface area contributed by atoms with Gasteiger partial charge >= 0.3 is 0 Å². The van der Waals surface area contributed by atoms with Gasteiger partial charge in [-0.15, -0.1) is 0 Å². The molecule has 16 heavy (non-hydrogen) atoms. The Bertz CT molecular complexity index is 276. The molecule has 88 valence electrons. The van der Waals surface area contributed by atoms with Crippen LogP contribution in [0.3, 0.4) is 0 Å². The smallest absolute Gasteiger partial charge is 0.0928 e. The van der Waals surface area contributed by atoms with Crippen LogP contribution >= 0.6 is 0 Å². The highest BCUT2D eigenvalue weighted by atomic mass is 14.6. The molecular formula is C14H22N2.